The fourth-order valence-corrected chi connectivity index (χ4v) is 7.73. The highest BCUT2D eigenvalue weighted by Crippen LogP contribution is 2.41. The summed E-state index contributed by atoms with van der Waals surface area (Å²) < 4.78 is 6.62. The summed E-state index contributed by atoms with van der Waals surface area (Å²) in [6.07, 6.45) is 0. The van der Waals surface area contributed by atoms with Gasteiger partial charge in [0.1, 0.15) is 5.52 Å². The number of aromatic nitrogens is 1. The third kappa shape index (κ3) is 6.21. The average Bonchev–Trinajstić information content (AvgIpc) is 3.74. The first-order chi connectivity index (χ1) is 27.8. The van der Waals surface area contributed by atoms with Crippen LogP contribution in [0, 0.1) is 0 Å². The van der Waals surface area contributed by atoms with Crippen LogP contribution in [0.15, 0.2) is 223 Å². The quantitative estimate of drug-likeness (QED) is 0.157. The van der Waals surface area contributed by atoms with E-state index in [2.05, 4.69) is 187 Å². The lowest BCUT2D eigenvalue weighted by atomic mass is 9.97. The lowest BCUT2D eigenvalue weighted by molar-refractivity contribution is 0.621. The number of fused-ring (bicyclic) bond motifs is 2. The van der Waals surface area contributed by atoms with Crippen LogP contribution in [-0.4, -0.2) is 4.98 Å². The molecule has 0 N–H and O–H groups in total. The molecule has 0 fully saturated rings. The zero-order chi connectivity index (χ0) is 37.3. The van der Waals surface area contributed by atoms with Crippen LogP contribution in [-0.2, 0) is 0 Å². The second kappa shape index (κ2) is 14.4. The van der Waals surface area contributed by atoms with Crippen molar-refractivity contribution in [2.24, 2.45) is 0 Å². The van der Waals surface area contributed by atoms with Gasteiger partial charge in [0.15, 0.2) is 5.58 Å². The predicted molar refractivity (Wildman–Crippen MR) is 233 cm³/mol. The lowest BCUT2D eigenvalue weighted by Gasteiger charge is -2.26. The second-order valence-corrected chi connectivity index (χ2v) is 14.0. The Morgan fingerprint density at radius 2 is 0.768 bits per heavy atom. The number of hydrogen-bond acceptors (Lipinski definition) is 3. The van der Waals surface area contributed by atoms with E-state index in [1.165, 1.54) is 33.0 Å². The van der Waals surface area contributed by atoms with Crippen molar-refractivity contribution in [3.8, 4) is 56.0 Å². The molecule has 0 bridgehead atoms. The Morgan fingerprint density at radius 1 is 0.321 bits per heavy atom. The summed E-state index contributed by atoms with van der Waals surface area (Å²) >= 11 is 0. The molecule has 0 aliphatic heterocycles. The highest BCUT2D eigenvalue weighted by molar-refractivity contribution is 6.01. The highest BCUT2D eigenvalue weighted by Gasteiger charge is 2.19. The van der Waals surface area contributed by atoms with E-state index in [9.17, 15) is 0 Å². The normalized spacial score (nSPS) is 11.2. The number of hydrogen-bond donors (Lipinski definition) is 0. The van der Waals surface area contributed by atoms with Gasteiger partial charge < -0.3 is 9.32 Å². The Kier molecular flexibility index (Phi) is 8.51. The molecule has 0 spiro atoms. The van der Waals surface area contributed by atoms with E-state index in [1.807, 2.05) is 36.4 Å². The Labute approximate surface area is 326 Å². The molecule has 1 aromatic heterocycles. The minimum Gasteiger partial charge on any atom is -0.435 e. The first kappa shape index (κ1) is 33.1. The topological polar surface area (TPSA) is 29.3 Å². The van der Waals surface area contributed by atoms with Crippen LogP contribution in [0.25, 0.3) is 77.8 Å². The Morgan fingerprint density at radius 3 is 1.39 bits per heavy atom. The molecular weight excluding hydrogens is 681 g/mol. The number of oxazole rings is 1. The van der Waals surface area contributed by atoms with E-state index in [0.717, 1.165) is 56.0 Å². The van der Waals surface area contributed by atoms with Crippen molar-refractivity contribution in [1.29, 1.82) is 0 Å². The number of anilines is 3. The molecule has 0 saturated carbocycles. The van der Waals surface area contributed by atoms with Crippen molar-refractivity contribution in [3.05, 3.63) is 218 Å². The third-order valence-corrected chi connectivity index (χ3v) is 10.5. The van der Waals surface area contributed by atoms with Crippen LogP contribution in [0.4, 0.5) is 17.1 Å². The van der Waals surface area contributed by atoms with Gasteiger partial charge >= 0.3 is 0 Å². The van der Waals surface area contributed by atoms with E-state index in [-0.39, 0.29) is 0 Å². The van der Waals surface area contributed by atoms with Gasteiger partial charge in [-0.15, -0.1) is 0 Å². The van der Waals surface area contributed by atoms with Gasteiger partial charge in [-0.2, -0.15) is 0 Å². The van der Waals surface area contributed by atoms with E-state index in [0.29, 0.717) is 5.89 Å². The summed E-state index contributed by atoms with van der Waals surface area (Å²) in [6, 6.07) is 77.0. The standard InChI is InChI=1S/C53H36N2O/c1-4-13-37(14-5-1)38-23-29-44(30-24-38)55(45-31-25-41(26-32-45)48-22-12-20-39-17-10-11-21-47(39)48)46-33-27-42(28-34-46)50-36-35-49(40-15-6-2-7-16-40)51-52(50)56-53(54-51)43-18-8-3-9-19-43/h1-36H. The number of rotatable bonds is 8. The third-order valence-electron chi connectivity index (χ3n) is 10.5. The van der Waals surface area contributed by atoms with E-state index >= 15 is 0 Å². The van der Waals surface area contributed by atoms with Crippen molar-refractivity contribution in [3.63, 3.8) is 0 Å². The summed E-state index contributed by atoms with van der Waals surface area (Å²) in [5.41, 5.74) is 14.8. The number of benzene rings is 9. The maximum Gasteiger partial charge on any atom is 0.227 e. The molecule has 0 amide bonds. The van der Waals surface area contributed by atoms with Gasteiger partial charge in [-0.05, 0) is 98.8 Å². The van der Waals surface area contributed by atoms with Gasteiger partial charge in [0.2, 0.25) is 5.89 Å². The largest absolute Gasteiger partial charge is 0.435 e. The van der Waals surface area contributed by atoms with Crippen LogP contribution < -0.4 is 4.90 Å². The van der Waals surface area contributed by atoms with Crippen LogP contribution >= 0.6 is 0 Å². The van der Waals surface area contributed by atoms with Crippen molar-refractivity contribution >= 4 is 38.9 Å². The second-order valence-electron chi connectivity index (χ2n) is 14.0. The zero-order valence-corrected chi connectivity index (χ0v) is 30.6. The van der Waals surface area contributed by atoms with E-state index in [4.69, 9.17) is 9.40 Å². The summed E-state index contributed by atoms with van der Waals surface area (Å²) in [5, 5.41) is 2.49. The van der Waals surface area contributed by atoms with Gasteiger partial charge in [-0.1, -0.05) is 164 Å². The van der Waals surface area contributed by atoms with Crippen LogP contribution in [0.2, 0.25) is 0 Å². The van der Waals surface area contributed by atoms with E-state index < -0.39 is 0 Å². The van der Waals surface area contributed by atoms with Crippen molar-refractivity contribution in [1.82, 2.24) is 4.98 Å². The number of nitrogens with zero attached hydrogens (tertiary/aromatic N) is 2. The first-order valence-corrected chi connectivity index (χ1v) is 19.0. The molecule has 9 aromatic carbocycles. The summed E-state index contributed by atoms with van der Waals surface area (Å²) in [5.74, 6) is 0.610. The molecule has 0 radical (unpaired) electrons. The average molecular weight is 717 g/mol. The highest BCUT2D eigenvalue weighted by atomic mass is 16.3. The molecule has 3 heteroatoms. The van der Waals surface area contributed by atoms with Crippen LogP contribution in [0.5, 0.6) is 0 Å². The van der Waals surface area contributed by atoms with E-state index in [1.54, 1.807) is 0 Å². The smallest absolute Gasteiger partial charge is 0.227 e. The monoisotopic (exact) mass is 716 g/mol. The molecule has 0 saturated heterocycles. The molecular formula is C53H36N2O. The van der Waals surface area contributed by atoms with Gasteiger partial charge in [0.25, 0.3) is 0 Å². The van der Waals surface area contributed by atoms with Gasteiger partial charge in [-0.3, -0.25) is 0 Å². The first-order valence-electron chi connectivity index (χ1n) is 19.0. The van der Waals surface area contributed by atoms with Gasteiger partial charge in [-0.25, -0.2) is 4.98 Å². The summed E-state index contributed by atoms with van der Waals surface area (Å²) in [7, 11) is 0. The van der Waals surface area contributed by atoms with Crippen molar-refractivity contribution in [2.75, 3.05) is 4.90 Å². The molecule has 0 aliphatic carbocycles. The molecule has 10 aromatic rings. The fourth-order valence-electron chi connectivity index (χ4n) is 7.73. The molecule has 3 nitrogen and oxygen atoms in total. The fraction of sp³-hybridized carbons (Fsp3) is 0. The summed E-state index contributed by atoms with van der Waals surface area (Å²) in [4.78, 5) is 7.39. The molecule has 0 unspecified atom stereocenters. The van der Waals surface area contributed by atoms with Crippen LogP contribution in [0.1, 0.15) is 0 Å². The van der Waals surface area contributed by atoms with Gasteiger partial charge in [0, 0.05) is 33.8 Å². The van der Waals surface area contributed by atoms with Crippen LogP contribution in [0.3, 0.4) is 0 Å². The Hall–Kier alpha value is -7.49. The minimum absolute atomic E-state index is 0.610. The molecule has 264 valence electrons. The van der Waals surface area contributed by atoms with Gasteiger partial charge in [0.05, 0.1) is 0 Å². The molecule has 56 heavy (non-hydrogen) atoms. The maximum absolute atomic E-state index is 6.62. The van der Waals surface area contributed by atoms with Crippen molar-refractivity contribution < 1.29 is 4.42 Å². The zero-order valence-electron chi connectivity index (χ0n) is 30.6. The summed E-state index contributed by atoms with van der Waals surface area (Å²) in [6.45, 7) is 0. The van der Waals surface area contributed by atoms with Crippen molar-refractivity contribution in [2.45, 2.75) is 0 Å². The molecule has 0 aliphatic rings. The maximum atomic E-state index is 6.62. The SMILES string of the molecule is c1ccc(-c2ccc(N(c3ccc(-c4cccc5ccccc45)cc3)c3ccc(-c4ccc(-c5ccccc5)c5nc(-c6ccccc6)oc45)cc3)cc2)cc1. The predicted octanol–water partition coefficient (Wildman–Crippen LogP) is 14.8. The minimum atomic E-state index is 0.610. The molecule has 0 atom stereocenters. The molecule has 10 rings (SSSR count). The Balaban J connectivity index is 1.06. The lowest BCUT2D eigenvalue weighted by Crippen LogP contribution is -2.09. The molecule has 1 heterocycles. The Bertz CT molecular complexity index is 2910.